The van der Waals surface area contributed by atoms with E-state index in [9.17, 15) is 13.6 Å². The summed E-state index contributed by atoms with van der Waals surface area (Å²) in [6.45, 7) is 1.12. The number of fused-ring (bicyclic) bond motifs is 3. The van der Waals surface area contributed by atoms with Crippen LogP contribution in [0.1, 0.15) is 18.0 Å². The first-order valence-electron chi connectivity index (χ1n) is 11.7. The van der Waals surface area contributed by atoms with Gasteiger partial charge in [-0.2, -0.15) is 8.78 Å². The van der Waals surface area contributed by atoms with Crippen LogP contribution < -0.4 is 20.5 Å². The number of hydrogen-bond donors (Lipinski definition) is 1. The minimum Gasteiger partial charge on any atom is -0.434 e. The first-order valence-corrected chi connectivity index (χ1v) is 11.7. The van der Waals surface area contributed by atoms with E-state index in [1.807, 2.05) is 22.9 Å². The van der Waals surface area contributed by atoms with Crippen molar-refractivity contribution in [3.05, 3.63) is 70.8 Å². The normalized spacial score (nSPS) is 17.8. The molecule has 1 saturated heterocycles. The molecular formula is C25H24F2N6O2. The monoisotopic (exact) mass is 478 g/mol. The van der Waals surface area contributed by atoms with Crippen molar-refractivity contribution in [3.8, 4) is 16.9 Å². The fourth-order valence-corrected chi connectivity index (χ4v) is 5.11. The molecule has 8 nitrogen and oxygen atoms in total. The Kier molecular flexibility index (Phi) is 5.44. The van der Waals surface area contributed by atoms with E-state index in [1.165, 1.54) is 6.07 Å². The maximum Gasteiger partial charge on any atom is 0.387 e. The highest BCUT2D eigenvalue weighted by atomic mass is 19.3. The van der Waals surface area contributed by atoms with E-state index in [4.69, 9.17) is 4.74 Å². The Bertz CT molecular complexity index is 1430. The number of piperazine rings is 1. The first kappa shape index (κ1) is 21.7. The molecule has 2 aromatic heterocycles. The Balaban J connectivity index is 1.40. The molecule has 180 valence electrons. The standard InChI is InChI=1S/C25H24F2N6O2/c26-24(27)35-22-4-2-1-3-18(22)20-7-10-32-23(34)19-6-5-16(13-21(19)33(20)32)17-14-29-25(30-15-17)31-11-8-28-9-12-31/h1-6,13-15,20,24,28H,7-12H2. The minimum absolute atomic E-state index is 0.0911. The van der Waals surface area contributed by atoms with Crippen molar-refractivity contribution in [2.24, 2.45) is 0 Å². The lowest BCUT2D eigenvalue weighted by Crippen LogP contribution is -2.44. The lowest BCUT2D eigenvalue weighted by atomic mass is 10.0. The summed E-state index contributed by atoms with van der Waals surface area (Å²) in [5.41, 5.74) is 3.01. The fourth-order valence-electron chi connectivity index (χ4n) is 5.11. The zero-order valence-corrected chi connectivity index (χ0v) is 18.9. The number of ether oxygens (including phenoxy) is 1. The molecule has 0 bridgehead atoms. The summed E-state index contributed by atoms with van der Waals surface area (Å²) in [6.07, 6.45) is 4.21. The van der Waals surface area contributed by atoms with Crippen LogP contribution in [0, 0.1) is 0 Å². The summed E-state index contributed by atoms with van der Waals surface area (Å²) in [5, 5.41) is 3.90. The van der Waals surface area contributed by atoms with E-state index < -0.39 is 6.61 Å². The lowest BCUT2D eigenvalue weighted by Gasteiger charge is -2.27. The van der Waals surface area contributed by atoms with E-state index >= 15 is 0 Å². The highest BCUT2D eigenvalue weighted by Crippen LogP contribution is 2.37. The summed E-state index contributed by atoms with van der Waals surface area (Å²) >= 11 is 0. The Morgan fingerprint density at radius 1 is 1.00 bits per heavy atom. The average molecular weight is 479 g/mol. The molecule has 4 aromatic rings. The van der Waals surface area contributed by atoms with Gasteiger partial charge >= 0.3 is 6.61 Å². The van der Waals surface area contributed by atoms with E-state index in [0.29, 0.717) is 29.9 Å². The fraction of sp³-hybridized carbons (Fsp3) is 0.320. The molecule has 0 amide bonds. The van der Waals surface area contributed by atoms with Gasteiger partial charge in [0.15, 0.2) is 0 Å². The van der Waals surface area contributed by atoms with Crippen LogP contribution in [0.5, 0.6) is 5.75 Å². The van der Waals surface area contributed by atoms with Crippen LogP contribution in [0.3, 0.4) is 0 Å². The topological polar surface area (TPSA) is 77.2 Å². The van der Waals surface area contributed by atoms with Gasteiger partial charge in [-0.15, -0.1) is 0 Å². The molecule has 0 saturated carbocycles. The van der Waals surface area contributed by atoms with Gasteiger partial charge < -0.3 is 15.0 Å². The number of hydrogen-bond acceptors (Lipinski definition) is 6. The molecule has 2 aliphatic heterocycles. The van der Waals surface area contributed by atoms with Crippen LogP contribution in [-0.4, -0.2) is 52.1 Å². The van der Waals surface area contributed by atoms with E-state index in [-0.39, 0.29) is 17.4 Å². The van der Waals surface area contributed by atoms with Crippen LogP contribution in [0.4, 0.5) is 14.7 Å². The molecule has 1 N–H and O–H groups in total. The molecule has 0 spiro atoms. The number of nitrogens with one attached hydrogen (secondary N) is 1. The Labute approximate surface area is 199 Å². The number of alkyl halides is 2. The molecule has 1 unspecified atom stereocenters. The second kappa shape index (κ2) is 8.77. The Hall–Kier alpha value is -3.79. The summed E-state index contributed by atoms with van der Waals surface area (Å²) in [6, 6.07) is 12.1. The van der Waals surface area contributed by atoms with Crippen molar-refractivity contribution in [1.29, 1.82) is 0 Å². The molecule has 1 fully saturated rings. The molecule has 0 radical (unpaired) electrons. The van der Waals surface area contributed by atoms with Gasteiger partial charge in [0.1, 0.15) is 5.75 Å². The largest absolute Gasteiger partial charge is 0.434 e. The third-order valence-electron chi connectivity index (χ3n) is 6.74. The third-order valence-corrected chi connectivity index (χ3v) is 6.74. The van der Waals surface area contributed by atoms with Crippen LogP contribution in [0.15, 0.2) is 59.7 Å². The van der Waals surface area contributed by atoms with Crippen molar-refractivity contribution in [2.45, 2.75) is 25.6 Å². The van der Waals surface area contributed by atoms with E-state index in [0.717, 1.165) is 42.8 Å². The molecule has 2 aromatic carbocycles. The van der Waals surface area contributed by atoms with Gasteiger partial charge in [-0.05, 0) is 30.2 Å². The van der Waals surface area contributed by atoms with Crippen molar-refractivity contribution in [3.63, 3.8) is 0 Å². The number of aromatic nitrogens is 4. The van der Waals surface area contributed by atoms with Gasteiger partial charge in [-0.3, -0.25) is 9.48 Å². The Morgan fingerprint density at radius 3 is 2.54 bits per heavy atom. The summed E-state index contributed by atoms with van der Waals surface area (Å²) in [7, 11) is 0. The summed E-state index contributed by atoms with van der Waals surface area (Å²) in [4.78, 5) is 24.4. The second-order valence-electron chi connectivity index (χ2n) is 8.73. The SMILES string of the molecule is O=c1c2ccc(-c3cnc(N4CCNCC4)nc3)cc2n2n1CCC2c1ccccc1OC(F)F. The lowest BCUT2D eigenvalue weighted by molar-refractivity contribution is -0.0507. The predicted molar refractivity (Wildman–Crippen MR) is 128 cm³/mol. The zero-order valence-electron chi connectivity index (χ0n) is 18.9. The van der Waals surface area contributed by atoms with Gasteiger partial charge in [0.2, 0.25) is 5.95 Å². The van der Waals surface area contributed by atoms with E-state index in [1.54, 1.807) is 35.3 Å². The zero-order chi connectivity index (χ0) is 23.9. The van der Waals surface area contributed by atoms with Crippen LogP contribution in [-0.2, 0) is 6.54 Å². The molecule has 10 heteroatoms. The quantitative estimate of drug-likeness (QED) is 0.475. The highest BCUT2D eigenvalue weighted by molar-refractivity contribution is 5.84. The van der Waals surface area contributed by atoms with Gasteiger partial charge in [0, 0.05) is 56.2 Å². The average Bonchev–Trinajstić information content (AvgIpc) is 3.44. The summed E-state index contributed by atoms with van der Waals surface area (Å²) in [5.74, 6) is 0.830. The van der Waals surface area contributed by atoms with Gasteiger partial charge in [0.05, 0.1) is 16.9 Å². The second-order valence-corrected chi connectivity index (χ2v) is 8.73. The van der Waals surface area contributed by atoms with Crippen molar-refractivity contribution >= 4 is 16.9 Å². The maximum atomic E-state index is 13.1. The smallest absolute Gasteiger partial charge is 0.387 e. The molecule has 6 rings (SSSR count). The molecule has 35 heavy (non-hydrogen) atoms. The van der Waals surface area contributed by atoms with Crippen molar-refractivity contribution in [1.82, 2.24) is 24.6 Å². The van der Waals surface area contributed by atoms with Crippen LogP contribution >= 0.6 is 0 Å². The number of halogens is 2. The number of anilines is 1. The molecule has 4 heterocycles. The molecule has 1 atom stereocenters. The highest BCUT2D eigenvalue weighted by Gasteiger charge is 2.30. The number of rotatable bonds is 5. The predicted octanol–water partition coefficient (Wildman–Crippen LogP) is 3.26. The first-order chi connectivity index (χ1) is 17.1. The number of para-hydroxylation sites is 1. The third kappa shape index (κ3) is 3.83. The number of nitrogens with zero attached hydrogens (tertiary/aromatic N) is 5. The van der Waals surface area contributed by atoms with Crippen LogP contribution in [0.25, 0.3) is 22.0 Å². The maximum absolute atomic E-state index is 13.1. The van der Waals surface area contributed by atoms with Gasteiger partial charge in [-0.25, -0.2) is 14.6 Å². The Morgan fingerprint density at radius 2 is 1.77 bits per heavy atom. The number of benzene rings is 2. The van der Waals surface area contributed by atoms with Gasteiger partial charge in [0.25, 0.3) is 5.56 Å². The minimum atomic E-state index is -2.92. The summed E-state index contributed by atoms with van der Waals surface area (Å²) < 4.78 is 34.4. The van der Waals surface area contributed by atoms with Crippen LogP contribution in [0.2, 0.25) is 0 Å². The van der Waals surface area contributed by atoms with E-state index in [2.05, 4.69) is 20.2 Å². The molecular weight excluding hydrogens is 454 g/mol. The van der Waals surface area contributed by atoms with Gasteiger partial charge in [-0.1, -0.05) is 24.3 Å². The van der Waals surface area contributed by atoms with Crippen molar-refractivity contribution in [2.75, 3.05) is 31.1 Å². The molecule has 2 aliphatic rings. The van der Waals surface area contributed by atoms with Crippen molar-refractivity contribution < 1.29 is 13.5 Å². The molecule has 0 aliphatic carbocycles.